The summed E-state index contributed by atoms with van der Waals surface area (Å²) < 4.78 is 5.71. The molecule has 3 heteroatoms. The van der Waals surface area contributed by atoms with Gasteiger partial charge >= 0.3 is 0 Å². The normalized spacial score (nSPS) is 23.8. The number of aliphatic hydroxyl groups excluding tert-OH is 1. The van der Waals surface area contributed by atoms with Gasteiger partial charge in [-0.25, -0.2) is 0 Å². The van der Waals surface area contributed by atoms with Gasteiger partial charge in [0.1, 0.15) is 0 Å². The van der Waals surface area contributed by atoms with Crippen molar-refractivity contribution in [3.05, 3.63) is 0 Å². The molecule has 18 heavy (non-hydrogen) atoms. The predicted octanol–water partition coefficient (Wildman–Crippen LogP) is 2.48. The maximum absolute atomic E-state index is 9.81. The Morgan fingerprint density at radius 1 is 1.06 bits per heavy atom. The van der Waals surface area contributed by atoms with Crippen LogP contribution in [-0.4, -0.2) is 37.0 Å². The molecular formula is C15H29NO2. The van der Waals surface area contributed by atoms with Crippen molar-refractivity contribution in [2.24, 2.45) is 5.92 Å². The zero-order chi connectivity index (χ0) is 12.6. The Morgan fingerprint density at radius 2 is 1.72 bits per heavy atom. The summed E-state index contributed by atoms with van der Waals surface area (Å²) in [6.07, 6.45) is 12.0. The number of hydrogen-bond donors (Lipinski definition) is 2. The maximum Gasteiger partial charge on any atom is 0.0897 e. The third kappa shape index (κ3) is 5.25. The van der Waals surface area contributed by atoms with Gasteiger partial charge in [-0.05, 0) is 31.7 Å². The summed E-state index contributed by atoms with van der Waals surface area (Å²) in [5, 5.41) is 13.2. The topological polar surface area (TPSA) is 41.5 Å². The van der Waals surface area contributed by atoms with Crippen LogP contribution in [0.4, 0.5) is 0 Å². The summed E-state index contributed by atoms with van der Waals surface area (Å²) in [4.78, 5) is 0. The van der Waals surface area contributed by atoms with Crippen LogP contribution in [0.15, 0.2) is 0 Å². The van der Waals surface area contributed by atoms with Crippen LogP contribution in [0.2, 0.25) is 0 Å². The summed E-state index contributed by atoms with van der Waals surface area (Å²) in [5.41, 5.74) is 0. The Hall–Kier alpha value is -0.120. The van der Waals surface area contributed by atoms with E-state index in [-0.39, 0.29) is 6.10 Å². The lowest BCUT2D eigenvalue weighted by Crippen LogP contribution is -2.32. The molecule has 2 aliphatic carbocycles. The second-order valence-electron chi connectivity index (χ2n) is 6.04. The monoisotopic (exact) mass is 255 g/mol. The predicted molar refractivity (Wildman–Crippen MR) is 73.7 cm³/mol. The second-order valence-corrected chi connectivity index (χ2v) is 6.04. The second kappa shape index (κ2) is 8.13. The quantitative estimate of drug-likeness (QED) is 0.655. The molecular weight excluding hydrogens is 226 g/mol. The number of rotatable bonds is 8. The van der Waals surface area contributed by atoms with Crippen LogP contribution in [0.1, 0.15) is 57.8 Å². The van der Waals surface area contributed by atoms with E-state index in [1.54, 1.807) is 0 Å². The largest absolute Gasteiger partial charge is 0.389 e. The van der Waals surface area contributed by atoms with Crippen LogP contribution in [0, 0.1) is 5.92 Å². The lowest BCUT2D eigenvalue weighted by atomic mass is 10.0. The molecule has 2 fully saturated rings. The van der Waals surface area contributed by atoms with Gasteiger partial charge in [0.25, 0.3) is 0 Å². The molecule has 2 N–H and O–H groups in total. The van der Waals surface area contributed by atoms with Gasteiger partial charge in [-0.2, -0.15) is 0 Å². The Morgan fingerprint density at radius 3 is 2.44 bits per heavy atom. The molecule has 0 aliphatic heterocycles. The van der Waals surface area contributed by atoms with Crippen LogP contribution >= 0.6 is 0 Å². The fourth-order valence-corrected chi connectivity index (χ4v) is 3.24. The van der Waals surface area contributed by atoms with Crippen molar-refractivity contribution in [2.75, 3.05) is 19.7 Å². The Balaban J connectivity index is 1.42. The van der Waals surface area contributed by atoms with E-state index in [9.17, 15) is 5.11 Å². The van der Waals surface area contributed by atoms with E-state index in [1.807, 2.05) is 0 Å². The fraction of sp³-hybridized carbons (Fsp3) is 1.00. The highest BCUT2D eigenvalue weighted by Crippen LogP contribution is 2.26. The fourth-order valence-electron chi connectivity index (χ4n) is 3.24. The average Bonchev–Trinajstić information content (AvgIpc) is 3.04. The first-order valence-corrected chi connectivity index (χ1v) is 7.85. The van der Waals surface area contributed by atoms with E-state index in [4.69, 9.17) is 4.74 Å². The number of ether oxygens (including phenoxy) is 1. The van der Waals surface area contributed by atoms with Crippen molar-refractivity contribution >= 4 is 0 Å². The minimum Gasteiger partial charge on any atom is -0.389 e. The van der Waals surface area contributed by atoms with Crippen molar-refractivity contribution in [1.82, 2.24) is 5.32 Å². The highest BCUT2D eigenvalue weighted by Gasteiger charge is 2.17. The molecule has 0 aromatic carbocycles. The summed E-state index contributed by atoms with van der Waals surface area (Å²) >= 11 is 0. The number of nitrogens with one attached hydrogen (secondary N) is 1. The van der Waals surface area contributed by atoms with Crippen molar-refractivity contribution in [3.8, 4) is 0 Å². The SMILES string of the molecule is OC(CNCCC1CCCC1)COC1CCCC1. The molecule has 0 bridgehead atoms. The highest BCUT2D eigenvalue weighted by molar-refractivity contribution is 4.70. The van der Waals surface area contributed by atoms with E-state index in [0.29, 0.717) is 19.3 Å². The highest BCUT2D eigenvalue weighted by atomic mass is 16.5. The third-order valence-electron chi connectivity index (χ3n) is 4.41. The average molecular weight is 255 g/mol. The van der Waals surface area contributed by atoms with Gasteiger partial charge in [-0.1, -0.05) is 38.5 Å². The van der Waals surface area contributed by atoms with Crippen molar-refractivity contribution < 1.29 is 9.84 Å². The van der Waals surface area contributed by atoms with Gasteiger partial charge in [0, 0.05) is 6.54 Å². The van der Waals surface area contributed by atoms with Crippen LogP contribution in [0.3, 0.4) is 0 Å². The summed E-state index contributed by atoms with van der Waals surface area (Å²) in [6, 6.07) is 0. The molecule has 0 spiro atoms. The first kappa shape index (κ1) is 14.3. The van der Waals surface area contributed by atoms with E-state index in [2.05, 4.69) is 5.32 Å². The summed E-state index contributed by atoms with van der Waals surface area (Å²) in [6.45, 7) is 2.23. The zero-order valence-electron chi connectivity index (χ0n) is 11.6. The molecule has 2 saturated carbocycles. The molecule has 2 rings (SSSR count). The molecule has 0 saturated heterocycles. The summed E-state index contributed by atoms with van der Waals surface area (Å²) in [5.74, 6) is 0.935. The molecule has 0 aromatic heterocycles. The van der Waals surface area contributed by atoms with Gasteiger partial charge in [0.05, 0.1) is 18.8 Å². The van der Waals surface area contributed by atoms with Crippen molar-refractivity contribution in [3.63, 3.8) is 0 Å². The molecule has 0 aromatic rings. The van der Waals surface area contributed by atoms with Crippen LogP contribution in [-0.2, 0) is 4.74 Å². The van der Waals surface area contributed by atoms with Crippen LogP contribution < -0.4 is 5.32 Å². The van der Waals surface area contributed by atoms with Gasteiger partial charge in [-0.15, -0.1) is 0 Å². The summed E-state index contributed by atoms with van der Waals surface area (Å²) in [7, 11) is 0. The maximum atomic E-state index is 9.81. The lowest BCUT2D eigenvalue weighted by Gasteiger charge is -2.16. The van der Waals surface area contributed by atoms with E-state index in [1.165, 1.54) is 57.8 Å². The Kier molecular flexibility index (Phi) is 6.46. The first-order valence-electron chi connectivity index (χ1n) is 7.85. The molecule has 2 aliphatic rings. The van der Waals surface area contributed by atoms with E-state index in [0.717, 1.165) is 12.5 Å². The number of hydrogen-bond acceptors (Lipinski definition) is 3. The van der Waals surface area contributed by atoms with E-state index >= 15 is 0 Å². The minimum absolute atomic E-state index is 0.339. The van der Waals surface area contributed by atoms with Gasteiger partial charge in [0.2, 0.25) is 0 Å². The van der Waals surface area contributed by atoms with Crippen LogP contribution in [0.25, 0.3) is 0 Å². The third-order valence-corrected chi connectivity index (χ3v) is 4.41. The van der Waals surface area contributed by atoms with Gasteiger partial charge < -0.3 is 15.2 Å². The molecule has 106 valence electrons. The standard InChI is InChI=1S/C15H29NO2/c17-14(12-18-15-7-3-4-8-15)11-16-10-9-13-5-1-2-6-13/h13-17H,1-12H2. The minimum atomic E-state index is -0.339. The first-order chi connectivity index (χ1) is 8.84. The molecule has 0 amide bonds. The molecule has 1 unspecified atom stereocenters. The molecule has 3 nitrogen and oxygen atoms in total. The Labute approximate surface area is 111 Å². The lowest BCUT2D eigenvalue weighted by molar-refractivity contribution is -0.00541. The van der Waals surface area contributed by atoms with Crippen molar-refractivity contribution in [1.29, 1.82) is 0 Å². The number of aliphatic hydroxyl groups is 1. The van der Waals surface area contributed by atoms with Crippen LogP contribution in [0.5, 0.6) is 0 Å². The smallest absolute Gasteiger partial charge is 0.0897 e. The Bertz CT molecular complexity index is 211. The molecule has 1 atom stereocenters. The van der Waals surface area contributed by atoms with E-state index < -0.39 is 0 Å². The van der Waals surface area contributed by atoms with Gasteiger partial charge in [-0.3, -0.25) is 0 Å². The molecule has 0 radical (unpaired) electrons. The zero-order valence-corrected chi connectivity index (χ0v) is 11.6. The van der Waals surface area contributed by atoms with Crippen molar-refractivity contribution in [2.45, 2.75) is 70.0 Å². The van der Waals surface area contributed by atoms with Gasteiger partial charge in [0.15, 0.2) is 0 Å². The molecule has 0 heterocycles.